The molecule has 2 aromatic rings. The Morgan fingerprint density at radius 3 is 3.00 bits per heavy atom. The number of hydrogen-bond acceptors (Lipinski definition) is 5. The molecule has 0 aromatic carbocycles. The Morgan fingerprint density at radius 2 is 2.26 bits per heavy atom. The van der Waals surface area contributed by atoms with E-state index in [0.29, 0.717) is 18.8 Å². The lowest BCUT2D eigenvalue weighted by atomic mass is 10.3. The van der Waals surface area contributed by atoms with E-state index in [1.54, 1.807) is 10.9 Å². The van der Waals surface area contributed by atoms with Gasteiger partial charge in [-0.1, -0.05) is 11.3 Å². The molecule has 0 aliphatic rings. The van der Waals surface area contributed by atoms with Crippen LogP contribution in [0.15, 0.2) is 24.4 Å². The Bertz CT molecular complexity index is 565. The van der Waals surface area contributed by atoms with Gasteiger partial charge in [-0.25, -0.2) is 4.68 Å². The standard InChI is InChI=1S/C12H16N6O/c1-9-3-2-4-10(15-9)7-18-8-11(16-17-18)6-14-12(19)5-13/h2-4,8H,5-7,13H2,1H3,(H,14,19). The minimum atomic E-state index is -0.213. The van der Waals surface area contributed by atoms with Gasteiger partial charge in [-0.2, -0.15) is 0 Å². The van der Waals surface area contributed by atoms with Crippen molar-refractivity contribution in [2.45, 2.75) is 20.0 Å². The Hall–Kier alpha value is -2.28. The first kappa shape index (κ1) is 13.2. The molecule has 0 aliphatic carbocycles. The summed E-state index contributed by atoms with van der Waals surface area (Å²) in [4.78, 5) is 15.4. The van der Waals surface area contributed by atoms with Gasteiger partial charge in [0.1, 0.15) is 5.69 Å². The van der Waals surface area contributed by atoms with Gasteiger partial charge < -0.3 is 11.1 Å². The molecule has 100 valence electrons. The summed E-state index contributed by atoms with van der Waals surface area (Å²) in [5, 5.41) is 10.6. The van der Waals surface area contributed by atoms with Crippen LogP contribution in [0.3, 0.4) is 0 Å². The maximum Gasteiger partial charge on any atom is 0.234 e. The second-order valence-corrected chi connectivity index (χ2v) is 4.16. The van der Waals surface area contributed by atoms with Crippen LogP contribution in [0.2, 0.25) is 0 Å². The predicted octanol–water partition coefficient (Wildman–Crippen LogP) is -0.395. The largest absolute Gasteiger partial charge is 0.349 e. The molecule has 0 fully saturated rings. The van der Waals surface area contributed by atoms with E-state index in [-0.39, 0.29) is 12.5 Å². The van der Waals surface area contributed by atoms with Crippen LogP contribution < -0.4 is 11.1 Å². The topological polar surface area (TPSA) is 98.7 Å². The van der Waals surface area contributed by atoms with Crippen molar-refractivity contribution in [2.75, 3.05) is 6.54 Å². The molecule has 0 unspecified atom stereocenters. The molecule has 1 amide bonds. The lowest BCUT2D eigenvalue weighted by Crippen LogP contribution is -2.29. The van der Waals surface area contributed by atoms with E-state index in [9.17, 15) is 4.79 Å². The van der Waals surface area contributed by atoms with E-state index < -0.39 is 0 Å². The molecule has 19 heavy (non-hydrogen) atoms. The summed E-state index contributed by atoms with van der Waals surface area (Å²) in [6.45, 7) is 2.80. The van der Waals surface area contributed by atoms with Crippen LogP contribution in [-0.2, 0) is 17.9 Å². The Kier molecular flexibility index (Phi) is 4.19. The molecule has 0 atom stereocenters. The fraction of sp³-hybridized carbons (Fsp3) is 0.333. The van der Waals surface area contributed by atoms with E-state index in [0.717, 1.165) is 11.4 Å². The third-order valence-corrected chi connectivity index (χ3v) is 2.51. The zero-order valence-corrected chi connectivity index (χ0v) is 10.7. The van der Waals surface area contributed by atoms with Gasteiger partial charge in [0, 0.05) is 5.69 Å². The molecule has 2 heterocycles. The molecule has 0 saturated carbocycles. The number of hydrogen-bond donors (Lipinski definition) is 2. The number of carbonyl (C=O) groups is 1. The van der Waals surface area contributed by atoms with Crippen molar-refractivity contribution < 1.29 is 4.79 Å². The number of amides is 1. The summed E-state index contributed by atoms with van der Waals surface area (Å²) in [6.07, 6.45) is 1.78. The highest BCUT2D eigenvalue weighted by Gasteiger charge is 2.04. The van der Waals surface area contributed by atoms with Crippen LogP contribution in [0.5, 0.6) is 0 Å². The van der Waals surface area contributed by atoms with E-state index in [1.165, 1.54) is 0 Å². The van der Waals surface area contributed by atoms with Crippen LogP contribution in [0.4, 0.5) is 0 Å². The number of carbonyl (C=O) groups excluding carboxylic acids is 1. The molecule has 2 rings (SSSR count). The summed E-state index contributed by atoms with van der Waals surface area (Å²) in [7, 11) is 0. The second kappa shape index (κ2) is 6.05. The molecular formula is C12H16N6O. The molecule has 0 aliphatic heterocycles. The van der Waals surface area contributed by atoms with Gasteiger partial charge in [-0.3, -0.25) is 9.78 Å². The van der Waals surface area contributed by atoms with Crippen molar-refractivity contribution in [2.24, 2.45) is 5.73 Å². The average molecular weight is 260 g/mol. The van der Waals surface area contributed by atoms with Crippen LogP contribution >= 0.6 is 0 Å². The number of rotatable bonds is 5. The third kappa shape index (κ3) is 3.85. The highest BCUT2D eigenvalue weighted by molar-refractivity contribution is 5.77. The molecular weight excluding hydrogens is 244 g/mol. The lowest BCUT2D eigenvalue weighted by molar-refractivity contribution is -0.119. The third-order valence-electron chi connectivity index (χ3n) is 2.51. The number of aryl methyl sites for hydroxylation is 1. The highest BCUT2D eigenvalue weighted by Crippen LogP contribution is 2.01. The van der Waals surface area contributed by atoms with Gasteiger partial charge in [0.2, 0.25) is 5.91 Å². The maximum atomic E-state index is 11.0. The van der Waals surface area contributed by atoms with E-state index in [1.807, 2.05) is 25.1 Å². The Morgan fingerprint density at radius 1 is 1.42 bits per heavy atom. The molecule has 0 saturated heterocycles. The van der Waals surface area contributed by atoms with Gasteiger partial charge in [0.25, 0.3) is 0 Å². The van der Waals surface area contributed by atoms with Crippen molar-refractivity contribution in [1.82, 2.24) is 25.3 Å². The summed E-state index contributed by atoms with van der Waals surface area (Å²) in [6, 6.07) is 5.83. The molecule has 0 spiro atoms. The summed E-state index contributed by atoms with van der Waals surface area (Å²) in [5.74, 6) is -0.213. The van der Waals surface area contributed by atoms with E-state index in [4.69, 9.17) is 5.73 Å². The van der Waals surface area contributed by atoms with Crippen molar-refractivity contribution in [3.63, 3.8) is 0 Å². The Balaban J connectivity index is 1.95. The molecule has 7 nitrogen and oxygen atoms in total. The second-order valence-electron chi connectivity index (χ2n) is 4.16. The molecule has 7 heteroatoms. The molecule has 0 radical (unpaired) electrons. The Labute approximate surface area is 110 Å². The van der Waals surface area contributed by atoms with Crippen molar-refractivity contribution in [3.05, 3.63) is 41.5 Å². The number of nitrogens with zero attached hydrogens (tertiary/aromatic N) is 4. The first-order chi connectivity index (χ1) is 9.17. The molecule has 0 bridgehead atoms. The summed E-state index contributed by atoms with van der Waals surface area (Å²) < 4.78 is 1.69. The van der Waals surface area contributed by atoms with Gasteiger partial charge in [0.05, 0.1) is 31.5 Å². The molecule has 2 aromatic heterocycles. The number of nitrogens with one attached hydrogen (secondary N) is 1. The lowest BCUT2D eigenvalue weighted by Gasteiger charge is -2.01. The van der Waals surface area contributed by atoms with Crippen LogP contribution in [0.1, 0.15) is 17.1 Å². The summed E-state index contributed by atoms with van der Waals surface area (Å²) >= 11 is 0. The number of pyridine rings is 1. The zero-order chi connectivity index (χ0) is 13.7. The van der Waals surface area contributed by atoms with Gasteiger partial charge in [-0.15, -0.1) is 5.10 Å². The monoisotopic (exact) mass is 260 g/mol. The van der Waals surface area contributed by atoms with Crippen LogP contribution in [0, 0.1) is 6.92 Å². The first-order valence-electron chi connectivity index (χ1n) is 5.95. The maximum absolute atomic E-state index is 11.0. The van der Waals surface area contributed by atoms with Crippen LogP contribution in [-0.4, -0.2) is 32.4 Å². The number of aromatic nitrogens is 4. The normalized spacial score (nSPS) is 10.4. The van der Waals surface area contributed by atoms with Gasteiger partial charge in [-0.05, 0) is 19.1 Å². The van der Waals surface area contributed by atoms with Crippen molar-refractivity contribution >= 4 is 5.91 Å². The fourth-order valence-corrected chi connectivity index (χ4v) is 1.61. The predicted molar refractivity (Wildman–Crippen MR) is 69.0 cm³/mol. The number of nitrogens with two attached hydrogens (primary N) is 1. The minimum absolute atomic E-state index is 0.0264. The van der Waals surface area contributed by atoms with Crippen molar-refractivity contribution in [3.8, 4) is 0 Å². The first-order valence-corrected chi connectivity index (χ1v) is 5.95. The highest BCUT2D eigenvalue weighted by atomic mass is 16.1. The molecule has 3 N–H and O–H groups in total. The van der Waals surface area contributed by atoms with Crippen LogP contribution in [0.25, 0.3) is 0 Å². The van der Waals surface area contributed by atoms with Gasteiger partial charge >= 0.3 is 0 Å². The quantitative estimate of drug-likeness (QED) is 0.762. The smallest absolute Gasteiger partial charge is 0.234 e. The van der Waals surface area contributed by atoms with E-state index >= 15 is 0 Å². The van der Waals surface area contributed by atoms with Gasteiger partial charge in [0.15, 0.2) is 0 Å². The SMILES string of the molecule is Cc1cccc(Cn2cc(CNC(=O)CN)nn2)n1. The fourth-order valence-electron chi connectivity index (χ4n) is 1.61. The zero-order valence-electron chi connectivity index (χ0n) is 10.7. The minimum Gasteiger partial charge on any atom is -0.349 e. The van der Waals surface area contributed by atoms with Crippen molar-refractivity contribution in [1.29, 1.82) is 0 Å². The summed E-state index contributed by atoms with van der Waals surface area (Å²) in [5.41, 5.74) is 7.77. The average Bonchev–Trinajstić information content (AvgIpc) is 2.83. The van der Waals surface area contributed by atoms with E-state index in [2.05, 4.69) is 20.6 Å².